The van der Waals surface area contributed by atoms with Gasteiger partial charge in [0.15, 0.2) is 0 Å². The summed E-state index contributed by atoms with van der Waals surface area (Å²) in [5.74, 6) is 0. The van der Waals surface area contributed by atoms with Crippen molar-refractivity contribution in [3.05, 3.63) is 201 Å². The lowest BCUT2D eigenvalue weighted by Gasteiger charge is -2.18. The second-order valence-corrected chi connectivity index (χ2v) is 14.4. The monoisotopic (exact) mass is 727 g/mol. The van der Waals surface area contributed by atoms with Gasteiger partial charge in [-0.2, -0.15) is 0 Å². The molecule has 0 spiro atoms. The van der Waals surface area contributed by atoms with Crippen molar-refractivity contribution in [3.8, 4) is 44.5 Å². The van der Waals surface area contributed by atoms with E-state index in [1.165, 1.54) is 59.8 Å². The molecule has 0 aliphatic rings. The zero-order valence-corrected chi connectivity index (χ0v) is 31.5. The minimum Gasteiger partial charge on any atom is -0.263 e. The van der Waals surface area contributed by atoms with E-state index in [1.54, 1.807) is 6.08 Å². The molecule has 0 amide bonds. The average Bonchev–Trinajstić information content (AvgIpc) is 3.28. The standard InChI is InChI=1S/C49H29N3.C5H8/c1-3-9-39-34(6-1)26-50-28-45(39)37-23-36(24-38(25-37)46-29-51-27-35-7-2-4-10-40(35)46)42-17-12-31-13-18-43-41(16-11-30-14-19-44(42)49(31)48(30)43)32-15-20-47-33(22-32)8-5-21-52-47;1-3-5-4-2/h1-29H;3-5H,1H2,2H3/b;5-4+. The summed E-state index contributed by atoms with van der Waals surface area (Å²) >= 11 is 0. The highest BCUT2D eigenvalue weighted by Gasteiger charge is 2.18. The van der Waals surface area contributed by atoms with Gasteiger partial charge in [-0.3, -0.25) is 15.0 Å². The molecule has 0 bridgehead atoms. The Morgan fingerprint density at radius 1 is 0.421 bits per heavy atom. The number of nitrogens with zero attached hydrogens (tertiary/aromatic N) is 3. The maximum Gasteiger partial charge on any atom is 0.0702 e. The molecule has 0 N–H and O–H groups in total. The Morgan fingerprint density at radius 2 is 0.947 bits per heavy atom. The first-order valence-electron chi connectivity index (χ1n) is 19.3. The van der Waals surface area contributed by atoms with E-state index in [0.29, 0.717) is 0 Å². The molecule has 3 nitrogen and oxygen atoms in total. The Morgan fingerprint density at radius 3 is 1.51 bits per heavy atom. The van der Waals surface area contributed by atoms with Crippen LogP contribution in [0.2, 0.25) is 0 Å². The highest BCUT2D eigenvalue weighted by molar-refractivity contribution is 6.27. The fourth-order valence-corrected chi connectivity index (χ4v) is 8.47. The van der Waals surface area contributed by atoms with Crippen LogP contribution in [0.3, 0.4) is 0 Å². The third kappa shape index (κ3) is 5.98. The predicted molar refractivity (Wildman–Crippen MR) is 243 cm³/mol. The lowest BCUT2D eigenvalue weighted by atomic mass is 9.85. The Kier molecular flexibility index (Phi) is 8.54. The second kappa shape index (κ2) is 14.3. The molecule has 0 fully saturated rings. The van der Waals surface area contributed by atoms with E-state index in [9.17, 15) is 0 Å². The van der Waals surface area contributed by atoms with Gasteiger partial charge in [-0.15, -0.1) is 0 Å². The molecule has 11 rings (SSSR count). The lowest BCUT2D eigenvalue weighted by molar-refractivity contribution is 1.36. The Bertz CT molecular complexity index is 3230. The third-order valence-electron chi connectivity index (χ3n) is 11.1. The van der Waals surface area contributed by atoms with Crippen LogP contribution >= 0.6 is 0 Å². The zero-order chi connectivity index (χ0) is 38.3. The molecular formula is C54H37N3. The van der Waals surface area contributed by atoms with Crippen molar-refractivity contribution in [2.45, 2.75) is 6.92 Å². The molecule has 3 heterocycles. The first-order chi connectivity index (χ1) is 28.2. The molecule has 3 heteroatoms. The second-order valence-electron chi connectivity index (χ2n) is 14.4. The minimum atomic E-state index is 1.01. The van der Waals surface area contributed by atoms with Gasteiger partial charge in [-0.1, -0.05) is 134 Å². The minimum absolute atomic E-state index is 1.01. The number of fused-ring (bicyclic) bond motifs is 3. The fraction of sp³-hybridized carbons (Fsp3) is 0.0185. The van der Waals surface area contributed by atoms with Crippen LogP contribution in [0.4, 0.5) is 0 Å². The molecule has 0 aliphatic heterocycles. The normalized spacial score (nSPS) is 11.6. The van der Waals surface area contributed by atoms with Gasteiger partial charge in [0.05, 0.1) is 5.52 Å². The number of hydrogen-bond donors (Lipinski definition) is 0. The topological polar surface area (TPSA) is 38.7 Å². The first kappa shape index (κ1) is 34.0. The molecule has 0 aliphatic carbocycles. The van der Waals surface area contributed by atoms with Crippen LogP contribution in [0.1, 0.15) is 6.92 Å². The molecular weight excluding hydrogens is 691 g/mol. The number of aromatic nitrogens is 3. The SMILES string of the molecule is C=C/C=C/C.c1cnc2ccc(-c3ccc4ccc5c(-c6cc(-c7cncc8ccccc78)cc(-c7cncc8ccccc78)c6)ccc6ccc3c4c65)cc2c1. The molecule has 268 valence electrons. The van der Waals surface area contributed by atoms with Crippen molar-refractivity contribution >= 4 is 64.8 Å². The van der Waals surface area contributed by atoms with Gasteiger partial charge in [0.2, 0.25) is 0 Å². The van der Waals surface area contributed by atoms with Crippen LogP contribution in [-0.2, 0) is 0 Å². The molecule has 3 aromatic heterocycles. The van der Waals surface area contributed by atoms with Gasteiger partial charge < -0.3 is 0 Å². The van der Waals surface area contributed by atoms with Gasteiger partial charge in [0.1, 0.15) is 0 Å². The van der Waals surface area contributed by atoms with E-state index in [-0.39, 0.29) is 0 Å². The quantitative estimate of drug-likeness (QED) is 0.131. The number of hydrogen-bond acceptors (Lipinski definition) is 3. The predicted octanol–water partition coefficient (Wildman–Crippen LogP) is 14.6. The Hall–Kier alpha value is -7.49. The lowest BCUT2D eigenvalue weighted by Crippen LogP contribution is -1.92. The summed E-state index contributed by atoms with van der Waals surface area (Å²) in [6.07, 6.45) is 15.3. The smallest absolute Gasteiger partial charge is 0.0702 e. The molecule has 0 unspecified atom stereocenters. The van der Waals surface area contributed by atoms with Crippen molar-refractivity contribution in [1.29, 1.82) is 0 Å². The Balaban J connectivity index is 0.000000749. The maximum absolute atomic E-state index is 4.68. The van der Waals surface area contributed by atoms with E-state index < -0.39 is 0 Å². The number of pyridine rings is 3. The van der Waals surface area contributed by atoms with Gasteiger partial charge in [-0.25, -0.2) is 0 Å². The summed E-state index contributed by atoms with van der Waals surface area (Å²) in [7, 11) is 0. The largest absolute Gasteiger partial charge is 0.263 e. The number of benzene rings is 8. The summed E-state index contributed by atoms with van der Waals surface area (Å²) in [5, 5.41) is 13.3. The molecule has 11 aromatic rings. The van der Waals surface area contributed by atoms with Crippen molar-refractivity contribution < 1.29 is 0 Å². The number of rotatable bonds is 5. The van der Waals surface area contributed by atoms with E-state index in [1.807, 2.05) is 56.1 Å². The molecule has 57 heavy (non-hydrogen) atoms. The summed E-state index contributed by atoms with van der Waals surface area (Å²) in [4.78, 5) is 13.9. The van der Waals surface area contributed by atoms with Crippen molar-refractivity contribution in [2.75, 3.05) is 0 Å². The van der Waals surface area contributed by atoms with Gasteiger partial charge in [0.25, 0.3) is 0 Å². The summed E-state index contributed by atoms with van der Waals surface area (Å²) in [6.45, 7) is 5.42. The van der Waals surface area contributed by atoms with E-state index in [0.717, 1.165) is 49.5 Å². The van der Waals surface area contributed by atoms with Crippen molar-refractivity contribution in [3.63, 3.8) is 0 Å². The van der Waals surface area contributed by atoms with Crippen LogP contribution in [-0.4, -0.2) is 15.0 Å². The molecule has 8 aromatic carbocycles. The first-order valence-corrected chi connectivity index (χ1v) is 19.3. The van der Waals surface area contributed by atoms with Gasteiger partial charge in [-0.05, 0) is 120 Å². The molecule has 0 radical (unpaired) electrons. The highest BCUT2D eigenvalue weighted by Crippen LogP contribution is 2.44. The zero-order valence-electron chi connectivity index (χ0n) is 31.5. The third-order valence-corrected chi connectivity index (χ3v) is 11.1. The number of allylic oxidation sites excluding steroid dienone is 3. The van der Waals surface area contributed by atoms with Gasteiger partial charge >= 0.3 is 0 Å². The molecule has 0 saturated heterocycles. The fourth-order valence-electron chi connectivity index (χ4n) is 8.47. The van der Waals surface area contributed by atoms with Crippen LogP contribution < -0.4 is 0 Å². The summed E-state index contributed by atoms with van der Waals surface area (Å²) < 4.78 is 0. The van der Waals surface area contributed by atoms with Crippen LogP contribution in [0.5, 0.6) is 0 Å². The van der Waals surface area contributed by atoms with Crippen LogP contribution in [0.25, 0.3) is 109 Å². The average molecular weight is 728 g/mol. The molecule has 0 atom stereocenters. The van der Waals surface area contributed by atoms with Gasteiger partial charge in [0, 0.05) is 58.3 Å². The Labute approximate surface area is 331 Å². The van der Waals surface area contributed by atoms with E-state index >= 15 is 0 Å². The summed E-state index contributed by atoms with van der Waals surface area (Å²) in [5.41, 5.74) is 10.3. The van der Waals surface area contributed by atoms with Crippen LogP contribution in [0, 0.1) is 0 Å². The van der Waals surface area contributed by atoms with E-state index in [2.05, 4.69) is 161 Å². The van der Waals surface area contributed by atoms with E-state index in [4.69, 9.17) is 0 Å². The van der Waals surface area contributed by atoms with Crippen LogP contribution in [0.15, 0.2) is 201 Å². The van der Waals surface area contributed by atoms with Crippen molar-refractivity contribution in [1.82, 2.24) is 15.0 Å². The van der Waals surface area contributed by atoms with Crippen molar-refractivity contribution in [2.24, 2.45) is 0 Å². The summed E-state index contributed by atoms with van der Waals surface area (Å²) in [6, 6.07) is 53.0. The molecule has 0 saturated carbocycles. The highest BCUT2D eigenvalue weighted by atomic mass is 14.6. The maximum atomic E-state index is 4.68.